The molecule has 1 fully saturated rings. The fourth-order valence-corrected chi connectivity index (χ4v) is 4.06. The van der Waals surface area contributed by atoms with Crippen LogP contribution in [0.5, 0.6) is 0 Å². The highest BCUT2D eigenvalue weighted by Crippen LogP contribution is 2.24. The van der Waals surface area contributed by atoms with Gasteiger partial charge in [-0.05, 0) is 43.0 Å². The maximum atomic E-state index is 12.6. The zero-order valence-electron chi connectivity index (χ0n) is 16.0. The molecule has 1 saturated heterocycles. The molecule has 0 aliphatic carbocycles. The number of likely N-dealkylation sites (tertiary alicyclic amines) is 1. The predicted octanol–water partition coefficient (Wildman–Crippen LogP) is 4.58. The molecule has 1 heterocycles. The summed E-state index contributed by atoms with van der Waals surface area (Å²) in [6, 6.07) is 17.6. The number of halogens is 1. The van der Waals surface area contributed by atoms with Gasteiger partial charge in [0.25, 0.3) is 0 Å². The number of hydrogen-bond donors (Lipinski definition) is 1. The molecular formula is C23H25BrN2O2. The molecular weight excluding hydrogens is 416 g/mol. The molecule has 5 heteroatoms. The zero-order chi connectivity index (χ0) is 19.9. The maximum Gasteiger partial charge on any atom is 0.246 e. The highest BCUT2D eigenvalue weighted by atomic mass is 79.9. The van der Waals surface area contributed by atoms with Crippen LogP contribution in [-0.2, 0) is 9.59 Å². The molecule has 146 valence electrons. The summed E-state index contributed by atoms with van der Waals surface area (Å²) in [5.74, 6) is 0.0200. The Morgan fingerprint density at radius 2 is 1.71 bits per heavy atom. The second kappa shape index (κ2) is 9.69. The van der Waals surface area contributed by atoms with Gasteiger partial charge >= 0.3 is 0 Å². The summed E-state index contributed by atoms with van der Waals surface area (Å²) in [4.78, 5) is 26.8. The van der Waals surface area contributed by atoms with Gasteiger partial charge in [-0.2, -0.15) is 0 Å². The van der Waals surface area contributed by atoms with Crippen LogP contribution in [0.3, 0.4) is 0 Å². The fourth-order valence-electron chi connectivity index (χ4n) is 3.43. The first-order valence-corrected chi connectivity index (χ1v) is 10.4. The molecule has 0 saturated carbocycles. The topological polar surface area (TPSA) is 49.4 Å². The van der Waals surface area contributed by atoms with E-state index < -0.39 is 0 Å². The summed E-state index contributed by atoms with van der Waals surface area (Å²) in [6.45, 7) is 3.21. The van der Waals surface area contributed by atoms with Gasteiger partial charge in [0.1, 0.15) is 0 Å². The lowest BCUT2D eigenvalue weighted by molar-refractivity contribution is -0.132. The van der Waals surface area contributed by atoms with Crippen LogP contribution in [0.15, 0.2) is 65.1 Å². The molecule has 0 radical (unpaired) electrons. The van der Waals surface area contributed by atoms with Crippen LogP contribution in [0, 0.1) is 5.92 Å². The molecule has 2 aromatic carbocycles. The monoisotopic (exact) mass is 440 g/mol. The number of amides is 2. The van der Waals surface area contributed by atoms with Gasteiger partial charge in [0.05, 0.1) is 6.04 Å². The second-order valence-corrected chi connectivity index (χ2v) is 7.95. The maximum absolute atomic E-state index is 12.6. The largest absolute Gasteiger partial charge is 0.349 e. The van der Waals surface area contributed by atoms with Crippen LogP contribution in [0.4, 0.5) is 0 Å². The predicted molar refractivity (Wildman–Crippen MR) is 115 cm³/mol. The Labute approximate surface area is 174 Å². The molecule has 1 atom stereocenters. The molecule has 2 amide bonds. The summed E-state index contributed by atoms with van der Waals surface area (Å²) in [7, 11) is 0. The number of nitrogens with zero attached hydrogens (tertiary/aromatic N) is 1. The van der Waals surface area contributed by atoms with Gasteiger partial charge < -0.3 is 10.2 Å². The van der Waals surface area contributed by atoms with E-state index in [1.807, 2.05) is 72.5 Å². The molecule has 0 bridgehead atoms. The molecule has 1 unspecified atom stereocenters. The normalized spacial score (nSPS) is 16.1. The Morgan fingerprint density at radius 3 is 2.39 bits per heavy atom. The minimum atomic E-state index is -0.0588. The van der Waals surface area contributed by atoms with Gasteiger partial charge in [-0.15, -0.1) is 0 Å². The number of nitrogens with one attached hydrogen (secondary N) is 1. The number of piperidine rings is 1. The van der Waals surface area contributed by atoms with Crippen molar-refractivity contribution in [2.24, 2.45) is 5.92 Å². The first kappa shape index (κ1) is 20.3. The summed E-state index contributed by atoms with van der Waals surface area (Å²) in [5.41, 5.74) is 2.07. The van der Waals surface area contributed by atoms with Crippen molar-refractivity contribution in [1.29, 1.82) is 0 Å². The molecule has 4 nitrogen and oxygen atoms in total. The molecule has 2 aromatic rings. The first-order chi connectivity index (χ1) is 13.5. The van der Waals surface area contributed by atoms with Gasteiger partial charge in [-0.25, -0.2) is 0 Å². The molecule has 0 aromatic heterocycles. The smallest absolute Gasteiger partial charge is 0.246 e. The van der Waals surface area contributed by atoms with E-state index in [-0.39, 0.29) is 23.8 Å². The Kier molecular flexibility index (Phi) is 7.04. The van der Waals surface area contributed by atoms with E-state index in [0.717, 1.165) is 15.6 Å². The Bertz CT molecular complexity index is 843. The summed E-state index contributed by atoms with van der Waals surface area (Å²) < 4.78 is 0.994. The highest BCUT2D eigenvalue weighted by Gasteiger charge is 2.27. The number of benzene rings is 2. The Hall–Kier alpha value is -2.40. The minimum Gasteiger partial charge on any atom is -0.349 e. The fraction of sp³-hybridized carbons (Fsp3) is 0.304. The van der Waals surface area contributed by atoms with Gasteiger partial charge in [0.2, 0.25) is 11.8 Å². The third kappa shape index (κ3) is 5.32. The van der Waals surface area contributed by atoms with E-state index in [9.17, 15) is 9.59 Å². The van der Waals surface area contributed by atoms with Crippen molar-refractivity contribution in [1.82, 2.24) is 10.2 Å². The molecule has 3 rings (SSSR count). The molecule has 0 spiro atoms. The van der Waals surface area contributed by atoms with E-state index >= 15 is 0 Å². The van der Waals surface area contributed by atoms with E-state index in [1.165, 1.54) is 0 Å². The van der Waals surface area contributed by atoms with Crippen LogP contribution < -0.4 is 5.32 Å². The average Bonchev–Trinajstić information content (AvgIpc) is 2.73. The lowest BCUT2D eigenvalue weighted by Crippen LogP contribution is -2.43. The molecule has 28 heavy (non-hydrogen) atoms. The van der Waals surface area contributed by atoms with Gasteiger partial charge in [-0.1, -0.05) is 64.5 Å². The third-order valence-electron chi connectivity index (χ3n) is 5.13. The van der Waals surface area contributed by atoms with Crippen LogP contribution in [-0.4, -0.2) is 29.8 Å². The minimum absolute atomic E-state index is 0.00398. The Morgan fingerprint density at radius 1 is 1.07 bits per heavy atom. The van der Waals surface area contributed by atoms with E-state index in [2.05, 4.69) is 21.2 Å². The van der Waals surface area contributed by atoms with E-state index in [1.54, 1.807) is 6.08 Å². The van der Waals surface area contributed by atoms with Crippen LogP contribution in [0.25, 0.3) is 6.08 Å². The van der Waals surface area contributed by atoms with Crippen LogP contribution >= 0.6 is 15.9 Å². The van der Waals surface area contributed by atoms with Crippen molar-refractivity contribution in [3.05, 3.63) is 76.3 Å². The average molecular weight is 441 g/mol. The second-order valence-electron chi connectivity index (χ2n) is 7.10. The summed E-state index contributed by atoms with van der Waals surface area (Å²) in [5, 5.41) is 3.11. The van der Waals surface area contributed by atoms with Crippen LogP contribution in [0.2, 0.25) is 0 Å². The van der Waals surface area contributed by atoms with Crippen molar-refractivity contribution in [3.63, 3.8) is 0 Å². The standard InChI is InChI=1S/C23H25BrN2O2/c1-17(20-9-5-6-10-21(20)24)25-23(28)19-13-15-26(16-14-19)22(27)12-11-18-7-3-2-4-8-18/h2-12,17,19H,13-16H2,1H3,(H,25,28). The number of carbonyl (C=O) groups is 2. The van der Waals surface area contributed by atoms with Gasteiger partial charge in [0, 0.05) is 29.6 Å². The van der Waals surface area contributed by atoms with Crippen molar-refractivity contribution in [2.75, 3.05) is 13.1 Å². The summed E-state index contributed by atoms with van der Waals surface area (Å²) in [6.07, 6.45) is 4.84. The first-order valence-electron chi connectivity index (χ1n) is 9.61. The molecule has 1 N–H and O–H groups in total. The zero-order valence-corrected chi connectivity index (χ0v) is 17.6. The van der Waals surface area contributed by atoms with Gasteiger partial charge in [-0.3, -0.25) is 9.59 Å². The van der Waals surface area contributed by atoms with E-state index in [4.69, 9.17) is 0 Å². The van der Waals surface area contributed by atoms with Crippen molar-refractivity contribution >= 4 is 33.8 Å². The van der Waals surface area contributed by atoms with Crippen LogP contribution in [0.1, 0.15) is 36.9 Å². The lowest BCUT2D eigenvalue weighted by atomic mass is 9.95. The third-order valence-corrected chi connectivity index (χ3v) is 5.85. The van der Waals surface area contributed by atoms with Gasteiger partial charge in [0.15, 0.2) is 0 Å². The quantitative estimate of drug-likeness (QED) is 0.691. The lowest BCUT2D eigenvalue weighted by Gasteiger charge is -2.31. The SMILES string of the molecule is CC(NC(=O)C1CCN(C(=O)C=Cc2ccccc2)CC1)c1ccccc1Br. The Balaban J connectivity index is 1.49. The van der Waals surface area contributed by atoms with Crippen molar-refractivity contribution < 1.29 is 9.59 Å². The molecule has 1 aliphatic heterocycles. The van der Waals surface area contributed by atoms with Crippen molar-refractivity contribution in [3.8, 4) is 0 Å². The summed E-state index contributed by atoms with van der Waals surface area (Å²) >= 11 is 3.54. The van der Waals surface area contributed by atoms with E-state index in [0.29, 0.717) is 25.9 Å². The number of rotatable bonds is 5. The molecule has 1 aliphatic rings. The number of hydrogen-bond acceptors (Lipinski definition) is 2. The highest BCUT2D eigenvalue weighted by molar-refractivity contribution is 9.10. The number of carbonyl (C=O) groups excluding carboxylic acids is 2. The van der Waals surface area contributed by atoms with Crippen molar-refractivity contribution in [2.45, 2.75) is 25.8 Å².